The number of nitrogens with one attached hydrogen (secondary N) is 1. The lowest BCUT2D eigenvalue weighted by Gasteiger charge is -2.16. The Morgan fingerprint density at radius 3 is 2.88 bits per heavy atom. The number of nitrogens with zero attached hydrogens (tertiary/aromatic N) is 2. The van der Waals surface area contributed by atoms with E-state index in [1.807, 2.05) is 6.92 Å². The van der Waals surface area contributed by atoms with Crippen LogP contribution in [0.15, 0.2) is 35.4 Å². The zero-order valence-electron chi connectivity index (χ0n) is 13.9. The van der Waals surface area contributed by atoms with E-state index in [1.165, 1.54) is 29.3 Å². The second-order valence-electron chi connectivity index (χ2n) is 5.54. The highest BCUT2D eigenvalue weighted by atomic mass is 35.5. The van der Waals surface area contributed by atoms with Crippen LogP contribution in [0, 0.1) is 6.92 Å². The van der Waals surface area contributed by atoms with Crippen molar-refractivity contribution in [2.75, 3.05) is 12.4 Å². The van der Waals surface area contributed by atoms with E-state index in [4.69, 9.17) is 16.3 Å². The molecule has 6 nitrogen and oxygen atoms in total. The number of aromatic nitrogens is 2. The van der Waals surface area contributed by atoms with E-state index < -0.39 is 6.04 Å². The van der Waals surface area contributed by atoms with E-state index in [1.54, 1.807) is 31.2 Å². The Morgan fingerprint density at radius 2 is 2.16 bits per heavy atom. The average Bonchev–Trinajstić information content (AvgIpc) is 2.96. The highest BCUT2D eigenvalue weighted by Crippen LogP contribution is 2.28. The first-order valence-corrected chi connectivity index (χ1v) is 8.72. The van der Waals surface area contributed by atoms with Gasteiger partial charge in [-0.05, 0) is 38.1 Å². The molecule has 1 atom stereocenters. The molecule has 130 valence electrons. The third-order valence-corrected chi connectivity index (χ3v) is 5.01. The van der Waals surface area contributed by atoms with Crippen LogP contribution >= 0.6 is 22.9 Å². The van der Waals surface area contributed by atoms with E-state index in [-0.39, 0.29) is 11.5 Å². The molecular formula is C17H16ClN3O3S. The minimum atomic E-state index is -0.742. The van der Waals surface area contributed by atoms with Crippen molar-refractivity contribution in [1.29, 1.82) is 0 Å². The van der Waals surface area contributed by atoms with E-state index in [2.05, 4.69) is 10.3 Å². The molecule has 8 heteroatoms. The van der Waals surface area contributed by atoms with Crippen molar-refractivity contribution in [3.63, 3.8) is 0 Å². The molecule has 0 saturated heterocycles. The van der Waals surface area contributed by atoms with Gasteiger partial charge in [0.25, 0.3) is 5.56 Å². The molecule has 0 aliphatic carbocycles. The molecule has 0 spiro atoms. The van der Waals surface area contributed by atoms with Gasteiger partial charge in [0, 0.05) is 9.90 Å². The number of carbonyl (C=O) groups is 1. The highest BCUT2D eigenvalue weighted by Gasteiger charge is 2.20. The molecule has 3 aromatic rings. The van der Waals surface area contributed by atoms with E-state index in [0.717, 1.165) is 4.88 Å². The van der Waals surface area contributed by atoms with Crippen LogP contribution in [0.25, 0.3) is 10.2 Å². The smallest absolute Gasteiger partial charge is 0.262 e. The van der Waals surface area contributed by atoms with Gasteiger partial charge in [0.2, 0.25) is 5.91 Å². The van der Waals surface area contributed by atoms with Gasteiger partial charge in [0.1, 0.15) is 16.6 Å². The minimum Gasteiger partial charge on any atom is -0.495 e. The second kappa shape index (κ2) is 6.85. The molecule has 1 amide bonds. The lowest BCUT2D eigenvalue weighted by Crippen LogP contribution is -2.31. The van der Waals surface area contributed by atoms with Gasteiger partial charge < -0.3 is 10.1 Å². The number of rotatable bonds is 4. The molecule has 1 N–H and O–H groups in total. The second-order valence-corrected chi connectivity index (χ2v) is 7.21. The SMILES string of the molecule is COc1ccc(Cl)cc1NC(=O)C(C)n1cnc2sc(C)cc2c1=O. The van der Waals surface area contributed by atoms with Gasteiger partial charge in [-0.2, -0.15) is 0 Å². The molecule has 3 rings (SSSR count). The first-order valence-electron chi connectivity index (χ1n) is 7.52. The fourth-order valence-electron chi connectivity index (χ4n) is 2.47. The highest BCUT2D eigenvalue weighted by molar-refractivity contribution is 7.18. The molecule has 0 fully saturated rings. The number of fused-ring (bicyclic) bond motifs is 1. The predicted octanol–water partition coefficient (Wildman–Crippen LogP) is 3.63. The van der Waals surface area contributed by atoms with Crippen molar-refractivity contribution in [3.05, 3.63) is 50.8 Å². The van der Waals surface area contributed by atoms with Crippen LogP contribution in [0.4, 0.5) is 5.69 Å². The average molecular weight is 378 g/mol. The molecule has 0 bridgehead atoms. The quantitative estimate of drug-likeness (QED) is 0.753. The van der Waals surface area contributed by atoms with Crippen LogP contribution in [0.1, 0.15) is 17.8 Å². The third-order valence-electron chi connectivity index (χ3n) is 3.82. The van der Waals surface area contributed by atoms with Crippen molar-refractivity contribution < 1.29 is 9.53 Å². The van der Waals surface area contributed by atoms with Crippen LogP contribution in [0.3, 0.4) is 0 Å². The summed E-state index contributed by atoms with van der Waals surface area (Å²) in [7, 11) is 1.50. The van der Waals surface area contributed by atoms with Gasteiger partial charge in [0.15, 0.2) is 0 Å². The molecular weight excluding hydrogens is 362 g/mol. The largest absolute Gasteiger partial charge is 0.495 e. The van der Waals surface area contributed by atoms with Gasteiger partial charge in [-0.1, -0.05) is 11.6 Å². The summed E-state index contributed by atoms with van der Waals surface area (Å²) in [5.41, 5.74) is 0.204. The number of benzene rings is 1. The number of anilines is 1. The normalized spacial score (nSPS) is 12.2. The van der Waals surface area contributed by atoms with Gasteiger partial charge >= 0.3 is 0 Å². The van der Waals surface area contributed by atoms with Gasteiger partial charge in [-0.3, -0.25) is 14.2 Å². The number of amides is 1. The van der Waals surface area contributed by atoms with Crippen LogP contribution in [-0.2, 0) is 4.79 Å². The molecule has 0 aliphatic heterocycles. The number of methoxy groups -OCH3 is 1. The summed E-state index contributed by atoms with van der Waals surface area (Å²) in [5, 5.41) is 3.74. The Balaban J connectivity index is 1.92. The number of hydrogen-bond donors (Lipinski definition) is 1. The number of aryl methyl sites for hydroxylation is 1. The summed E-state index contributed by atoms with van der Waals surface area (Å²) in [6.07, 6.45) is 1.40. The van der Waals surface area contributed by atoms with E-state index in [9.17, 15) is 9.59 Å². The predicted molar refractivity (Wildman–Crippen MR) is 100.0 cm³/mol. The topological polar surface area (TPSA) is 73.2 Å². The molecule has 0 aliphatic rings. The van der Waals surface area contributed by atoms with Crippen molar-refractivity contribution in [1.82, 2.24) is 9.55 Å². The molecule has 25 heavy (non-hydrogen) atoms. The van der Waals surface area contributed by atoms with Crippen LogP contribution in [-0.4, -0.2) is 22.6 Å². The number of thiophene rings is 1. The first-order chi connectivity index (χ1) is 11.9. The maximum atomic E-state index is 12.6. The lowest BCUT2D eigenvalue weighted by molar-refractivity contribution is -0.118. The standard InChI is InChI=1S/C17H16ClN3O3S/c1-9-6-12-16(25-9)19-8-21(17(12)23)10(2)15(22)20-13-7-11(18)4-5-14(13)24-3/h4-8,10H,1-3H3,(H,20,22). The summed E-state index contributed by atoms with van der Waals surface area (Å²) in [5.74, 6) is 0.120. The number of hydrogen-bond acceptors (Lipinski definition) is 5. The molecule has 2 heterocycles. The third kappa shape index (κ3) is 3.38. The summed E-state index contributed by atoms with van der Waals surface area (Å²) in [4.78, 5) is 31.2. The Bertz CT molecular complexity index is 1010. The summed E-state index contributed by atoms with van der Waals surface area (Å²) >= 11 is 7.42. The van der Waals surface area contributed by atoms with E-state index in [0.29, 0.717) is 26.7 Å². The number of ether oxygens (including phenoxy) is 1. The first kappa shape index (κ1) is 17.4. The molecule has 2 aromatic heterocycles. The number of halogens is 1. The van der Waals surface area contributed by atoms with Crippen LogP contribution in [0.5, 0.6) is 5.75 Å². The minimum absolute atomic E-state index is 0.241. The fraction of sp³-hybridized carbons (Fsp3) is 0.235. The zero-order valence-corrected chi connectivity index (χ0v) is 15.4. The Hall–Kier alpha value is -2.38. The van der Waals surface area contributed by atoms with Crippen molar-refractivity contribution in [2.24, 2.45) is 0 Å². The van der Waals surface area contributed by atoms with Crippen molar-refractivity contribution in [2.45, 2.75) is 19.9 Å². The summed E-state index contributed by atoms with van der Waals surface area (Å²) < 4.78 is 6.54. The zero-order chi connectivity index (χ0) is 18.1. The molecule has 1 aromatic carbocycles. The molecule has 0 radical (unpaired) electrons. The van der Waals surface area contributed by atoms with Gasteiger partial charge in [0.05, 0.1) is 24.5 Å². The molecule has 1 unspecified atom stereocenters. The fourth-order valence-corrected chi connectivity index (χ4v) is 3.48. The Labute approximate surface area is 153 Å². The van der Waals surface area contributed by atoms with Crippen molar-refractivity contribution in [3.8, 4) is 5.75 Å². The Morgan fingerprint density at radius 1 is 1.40 bits per heavy atom. The van der Waals surface area contributed by atoms with Crippen molar-refractivity contribution >= 4 is 44.7 Å². The van der Waals surface area contributed by atoms with Crippen LogP contribution in [0.2, 0.25) is 5.02 Å². The monoisotopic (exact) mass is 377 g/mol. The maximum Gasteiger partial charge on any atom is 0.262 e. The van der Waals surface area contributed by atoms with Gasteiger partial charge in [-0.15, -0.1) is 11.3 Å². The summed E-state index contributed by atoms with van der Waals surface area (Å²) in [6, 6.07) is 5.97. The van der Waals surface area contributed by atoms with E-state index >= 15 is 0 Å². The van der Waals surface area contributed by atoms with Gasteiger partial charge in [-0.25, -0.2) is 4.98 Å². The Kier molecular flexibility index (Phi) is 4.78. The lowest BCUT2D eigenvalue weighted by atomic mass is 10.2. The summed E-state index contributed by atoms with van der Waals surface area (Å²) in [6.45, 7) is 3.55. The van der Waals surface area contributed by atoms with Crippen LogP contribution < -0.4 is 15.6 Å². The molecule has 0 saturated carbocycles. The number of carbonyl (C=O) groups excluding carboxylic acids is 1. The maximum absolute atomic E-state index is 12.6.